The molecule has 0 bridgehead atoms. The van der Waals surface area contributed by atoms with E-state index >= 15 is 0 Å². The second kappa shape index (κ2) is 6.61. The number of anilines is 1. The van der Waals surface area contributed by atoms with Crippen molar-refractivity contribution in [3.63, 3.8) is 0 Å². The van der Waals surface area contributed by atoms with Crippen LogP contribution in [0.1, 0.15) is 31.7 Å². The standard InChI is InChI=1S/C14H18N2O2S/c1-10(16-18)11-5-4-6-12(9-11)15-14(17)13-7-2-3-8-19-13/h4-6,9,13,18H,2-3,7-8H2,1H3,(H,15,17)/b16-10-. The van der Waals surface area contributed by atoms with Crippen molar-refractivity contribution in [2.24, 2.45) is 5.16 Å². The summed E-state index contributed by atoms with van der Waals surface area (Å²) in [6.45, 7) is 1.72. The molecule has 0 saturated carbocycles. The highest BCUT2D eigenvalue weighted by Crippen LogP contribution is 2.26. The highest BCUT2D eigenvalue weighted by Gasteiger charge is 2.21. The molecule has 1 aliphatic heterocycles. The summed E-state index contributed by atoms with van der Waals surface area (Å²) in [5.74, 6) is 1.13. The number of carbonyl (C=O) groups excluding carboxylic acids is 1. The van der Waals surface area contributed by atoms with E-state index in [4.69, 9.17) is 5.21 Å². The van der Waals surface area contributed by atoms with Crippen molar-refractivity contribution in [3.05, 3.63) is 29.8 Å². The number of thioether (sulfide) groups is 1. The Labute approximate surface area is 117 Å². The van der Waals surface area contributed by atoms with E-state index in [2.05, 4.69) is 10.5 Å². The van der Waals surface area contributed by atoms with Crippen molar-refractivity contribution in [2.45, 2.75) is 31.4 Å². The fourth-order valence-corrected chi connectivity index (χ4v) is 3.25. The first-order chi connectivity index (χ1) is 9.20. The monoisotopic (exact) mass is 278 g/mol. The maximum atomic E-state index is 12.1. The van der Waals surface area contributed by atoms with Gasteiger partial charge in [-0.3, -0.25) is 4.79 Å². The lowest BCUT2D eigenvalue weighted by Gasteiger charge is -2.20. The second-order valence-electron chi connectivity index (χ2n) is 4.61. The zero-order chi connectivity index (χ0) is 13.7. The third kappa shape index (κ3) is 3.73. The van der Waals surface area contributed by atoms with Crippen LogP contribution >= 0.6 is 11.8 Å². The third-order valence-electron chi connectivity index (χ3n) is 3.17. The minimum atomic E-state index is 0.0602. The van der Waals surface area contributed by atoms with Gasteiger partial charge in [-0.2, -0.15) is 0 Å². The van der Waals surface area contributed by atoms with Crippen molar-refractivity contribution < 1.29 is 10.0 Å². The highest BCUT2D eigenvalue weighted by atomic mass is 32.2. The quantitative estimate of drug-likeness (QED) is 0.507. The first-order valence-corrected chi connectivity index (χ1v) is 7.47. The Morgan fingerprint density at radius 2 is 2.32 bits per heavy atom. The smallest absolute Gasteiger partial charge is 0.237 e. The molecule has 1 aliphatic rings. The second-order valence-corrected chi connectivity index (χ2v) is 5.92. The van der Waals surface area contributed by atoms with Gasteiger partial charge in [-0.1, -0.05) is 23.7 Å². The van der Waals surface area contributed by atoms with Crippen molar-refractivity contribution in [2.75, 3.05) is 11.1 Å². The average Bonchev–Trinajstić information content (AvgIpc) is 2.47. The Balaban J connectivity index is 2.04. The zero-order valence-corrected chi connectivity index (χ0v) is 11.7. The molecule has 0 aromatic heterocycles. The predicted octanol–water partition coefficient (Wildman–Crippen LogP) is 3.11. The van der Waals surface area contributed by atoms with Crippen molar-refractivity contribution in [1.29, 1.82) is 0 Å². The summed E-state index contributed by atoms with van der Waals surface area (Å²) in [6.07, 6.45) is 3.28. The lowest BCUT2D eigenvalue weighted by Crippen LogP contribution is -2.27. The third-order valence-corrected chi connectivity index (χ3v) is 4.55. The minimum absolute atomic E-state index is 0.0602. The predicted molar refractivity (Wildman–Crippen MR) is 79.2 cm³/mol. The normalized spacial score (nSPS) is 20.1. The maximum absolute atomic E-state index is 12.1. The van der Waals surface area contributed by atoms with Gasteiger partial charge in [0.05, 0.1) is 11.0 Å². The first kappa shape index (κ1) is 13.9. The van der Waals surface area contributed by atoms with Crippen molar-refractivity contribution in [3.8, 4) is 0 Å². The van der Waals surface area contributed by atoms with Crippen molar-refractivity contribution in [1.82, 2.24) is 0 Å². The lowest BCUT2D eigenvalue weighted by molar-refractivity contribution is -0.115. The van der Waals surface area contributed by atoms with Gasteiger partial charge >= 0.3 is 0 Å². The number of nitrogens with zero attached hydrogens (tertiary/aromatic N) is 1. The summed E-state index contributed by atoms with van der Waals surface area (Å²) in [5.41, 5.74) is 2.08. The Morgan fingerprint density at radius 3 is 3.00 bits per heavy atom. The molecule has 0 spiro atoms. The molecule has 1 unspecified atom stereocenters. The van der Waals surface area contributed by atoms with Crippen LogP contribution in [-0.2, 0) is 4.79 Å². The molecule has 1 amide bonds. The van der Waals surface area contributed by atoms with Gasteiger partial charge in [-0.25, -0.2) is 0 Å². The number of rotatable bonds is 3. The van der Waals surface area contributed by atoms with Gasteiger partial charge in [-0.05, 0) is 37.7 Å². The van der Waals surface area contributed by atoms with Gasteiger partial charge in [0.15, 0.2) is 0 Å². The molecule has 1 fully saturated rings. The molecule has 0 radical (unpaired) electrons. The fourth-order valence-electron chi connectivity index (χ4n) is 2.05. The summed E-state index contributed by atoms with van der Waals surface area (Å²) >= 11 is 1.73. The zero-order valence-electron chi connectivity index (χ0n) is 10.9. The molecule has 2 N–H and O–H groups in total. The van der Waals surface area contributed by atoms with Crippen LogP contribution < -0.4 is 5.32 Å². The summed E-state index contributed by atoms with van der Waals surface area (Å²) in [6, 6.07) is 7.35. The van der Waals surface area contributed by atoms with E-state index in [9.17, 15) is 4.79 Å². The lowest BCUT2D eigenvalue weighted by atomic mass is 10.1. The fraction of sp³-hybridized carbons (Fsp3) is 0.429. The van der Waals surface area contributed by atoms with Crippen LogP contribution in [0.5, 0.6) is 0 Å². The molecular formula is C14H18N2O2S. The SMILES string of the molecule is C/C(=N/O)c1cccc(NC(=O)C2CCCCS2)c1. The van der Waals surface area contributed by atoms with Gasteiger partial charge in [0.25, 0.3) is 0 Å². The molecule has 1 aromatic carbocycles. The summed E-state index contributed by atoms with van der Waals surface area (Å²) < 4.78 is 0. The molecule has 1 atom stereocenters. The highest BCUT2D eigenvalue weighted by molar-refractivity contribution is 8.00. The number of hydrogen-bond donors (Lipinski definition) is 2. The number of benzene rings is 1. The molecule has 4 nitrogen and oxygen atoms in total. The molecule has 1 heterocycles. The number of amides is 1. The van der Waals surface area contributed by atoms with Gasteiger partial charge in [-0.15, -0.1) is 11.8 Å². The van der Waals surface area contributed by atoms with Crippen LogP contribution in [-0.4, -0.2) is 27.8 Å². The van der Waals surface area contributed by atoms with E-state index in [0.717, 1.165) is 29.8 Å². The van der Waals surface area contributed by atoms with E-state index in [1.54, 1.807) is 18.7 Å². The largest absolute Gasteiger partial charge is 0.411 e. The molecule has 5 heteroatoms. The molecule has 1 aromatic rings. The van der Waals surface area contributed by atoms with Crippen LogP contribution in [0, 0.1) is 0 Å². The van der Waals surface area contributed by atoms with Crippen LogP contribution in [0.4, 0.5) is 5.69 Å². The Bertz CT molecular complexity index is 482. The minimum Gasteiger partial charge on any atom is -0.411 e. The Hall–Kier alpha value is -1.49. The topological polar surface area (TPSA) is 61.7 Å². The number of hydrogen-bond acceptors (Lipinski definition) is 4. The van der Waals surface area contributed by atoms with E-state index in [0.29, 0.717) is 5.71 Å². The van der Waals surface area contributed by atoms with Crippen LogP contribution in [0.2, 0.25) is 0 Å². The summed E-state index contributed by atoms with van der Waals surface area (Å²) in [5, 5.41) is 14.9. The number of oxime groups is 1. The molecule has 0 aliphatic carbocycles. The van der Waals surface area contributed by atoms with Crippen molar-refractivity contribution >= 4 is 29.1 Å². The molecule has 102 valence electrons. The molecule has 19 heavy (non-hydrogen) atoms. The van der Waals surface area contributed by atoms with Gasteiger partial charge < -0.3 is 10.5 Å². The molecule has 2 rings (SSSR count). The van der Waals surface area contributed by atoms with Crippen LogP contribution in [0.25, 0.3) is 0 Å². The van der Waals surface area contributed by atoms with E-state index in [-0.39, 0.29) is 11.2 Å². The Morgan fingerprint density at radius 1 is 1.47 bits per heavy atom. The number of carbonyl (C=O) groups is 1. The number of nitrogens with one attached hydrogen (secondary N) is 1. The summed E-state index contributed by atoms with van der Waals surface area (Å²) in [7, 11) is 0. The first-order valence-electron chi connectivity index (χ1n) is 6.42. The average molecular weight is 278 g/mol. The molecular weight excluding hydrogens is 260 g/mol. The Kier molecular flexibility index (Phi) is 4.85. The maximum Gasteiger partial charge on any atom is 0.237 e. The van der Waals surface area contributed by atoms with E-state index in [1.165, 1.54) is 6.42 Å². The van der Waals surface area contributed by atoms with E-state index < -0.39 is 0 Å². The van der Waals surface area contributed by atoms with Crippen LogP contribution in [0.15, 0.2) is 29.4 Å². The van der Waals surface area contributed by atoms with E-state index in [1.807, 2.05) is 24.3 Å². The van der Waals surface area contributed by atoms with Gasteiger partial charge in [0.2, 0.25) is 5.91 Å². The molecule has 1 saturated heterocycles. The summed E-state index contributed by atoms with van der Waals surface area (Å²) in [4.78, 5) is 12.1. The van der Waals surface area contributed by atoms with Gasteiger partial charge in [0.1, 0.15) is 0 Å². The van der Waals surface area contributed by atoms with Gasteiger partial charge in [0, 0.05) is 11.3 Å². The van der Waals surface area contributed by atoms with Crippen LogP contribution in [0.3, 0.4) is 0 Å².